The van der Waals surface area contributed by atoms with Gasteiger partial charge in [0.15, 0.2) is 17.3 Å². The summed E-state index contributed by atoms with van der Waals surface area (Å²) in [6.07, 6.45) is 2.12. The summed E-state index contributed by atoms with van der Waals surface area (Å²) in [6, 6.07) is 8.30. The molecule has 0 N–H and O–H groups in total. The predicted molar refractivity (Wildman–Crippen MR) is 117 cm³/mol. The van der Waals surface area contributed by atoms with Crippen LogP contribution in [0, 0.1) is 17.5 Å². The molecule has 1 fully saturated rings. The number of rotatable bonds is 4. The predicted octanol–water partition coefficient (Wildman–Crippen LogP) is 2.93. The maximum Gasteiger partial charge on any atom is 0.274 e. The Morgan fingerprint density at radius 1 is 0.912 bits per heavy atom. The lowest BCUT2D eigenvalue weighted by Crippen LogP contribution is -2.50. The molecule has 1 aromatic heterocycles. The zero-order valence-electron chi connectivity index (χ0n) is 18.0. The third kappa shape index (κ3) is 3.88. The van der Waals surface area contributed by atoms with E-state index in [1.807, 2.05) is 0 Å². The fourth-order valence-electron chi connectivity index (χ4n) is 4.50. The number of nitrogens with zero attached hydrogens (tertiary/aromatic N) is 4. The highest BCUT2D eigenvalue weighted by Crippen LogP contribution is 2.29. The van der Waals surface area contributed by atoms with Gasteiger partial charge in [0.25, 0.3) is 5.91 Å². The minimum atomic E-state index is -3.88. The number of piperazine rings is 1. The van der Waals surface area contributed by atoms with E-state index < -0.39 is 27.5 Å². The van der Waals surface area contributed by atoms with Gasteiger partial charge in [-0.15, -0.1) is 0 Å². The van der Waals surface area contributed by atoms with Crippen molar-refractivity contribution in [3.63, 3.8) is 0 Å². The number of sulfonamides is 1. The number of hydrogen-bond donors (Lipinski definition) is 0. The molecule has 2 aliphatic rings. The Hall–Kier alpha value is -3.18. The summed E-state index contributed by atoms with van der Waals surface area (Å²) in [5.41, 5.74) is 2.16. The monoisotopic (exact) mass is 490 g/mol. The van der Waals surface area contributed by atoms with Crippen molar-refractivity contribution < 1.29 is 26.4 Å². The number of fused-ring (bicyclic) bond motifs is 1. The van der Waals surface area contributed by atoms with E-state index in [0.29, 0.717) is 18.5 Å². The Morgan fingerprint density at radius 3 is 2.38 bits per heavy atom. The zero-order valence-corrected chi connectivity index (χ0v) is 18.9. The van der Waals surface area contributed by atoms with Crippen molar-refractivity contribution in [2.45, 2.75) is 24.2 Å². The van der Waals surface area contributed by atoms with Gasteiger partial charge >= 0.3 is 0 Å². The van der Waals surface area contributed by atoms with Crippen molar-refractivity contribution in [3.05, 3.63) is 76.9 Å². The van der Waals surface area contributed by atoms with Crippen LogP contribution in [0.3, 0.4) is 0 Å². The van der Waals surface area contributed by atoms with Gasteiger partial charge in [0.05, 0.1) is 10.6 Å². The topological polar surface area (TPSA) is 75.5 Å². The number of carbonyl (C=O) groups is 1. The first-order valence-corrected chi connectivity index (χ1v) is 12.3. The average molecular weight is 491 g/mol. The van der Waals surface area contributed by atoms with Crippen molar-refractivity contribution in [3.8, 4) is 5.69 Å². The summed E-state index contributed by atoms with van der Waals surface area (Å²) in [5.74, 6) is -2.93. The molecule has 0 spiro atoms. The van der Waals surface area contributed by atoms with Gasteiger partial charge in [-0.2, -0.15) is 9.40 Å². The molecule has 34 heavy (non-hydrogen) atoms. The largest absolute Gasteiger partial charge is 0.335 e. The van der Waals surface area contributed by atoms with Crippen molar-refractivity contribution in [2.75, 3.05) is 26.2 Å². The molecule has 0 bridgehead atoms. The molecule has 2 heterocycles. The first kappa shape index (κ1) is 22.6. The van der Waals surface area contributed by atoms with Crippen LogP contribution in [0.5, 0.6) is 0 Å². The van der Waals surface area contributed by atoms with Crippen molar-refractivity contribution in [1.29, 1.82) is 0 Å². The lowest BCUT2D eigenvalue weighted by molar-refractivity contribution is 0.0690. The van der Waals surface area contributed by atoms with Crippen molar-refractivity contribution in [2.24, 2.45) is 0 Å². The highest BCUT2D eigenvalue weighted by Gasteiger charge is 2.34. The van der Waals surface area contributed by atoms with Crippen LogP contribution in [0.2, 0.25) is 0 Å². The van der Waals surface area contributed by atoms with Crippen LogP contribution >= 0.6 is 0 Å². The molecule has 1 aliphatic carbocycles. The fraction of sp³-hybridized carbons (Fsp3) is 0.304. The number of amides is 1. The fourth-order valence-corrected chi connectivity index (χ4v) is 5.95. The molecule has 5 rings (SSSR count). The van der Waals surface area contributed by atoms with Gasteiger partial charge in [-0.25, -0.2) is 26.3 Å². The first-order chi connectivity index (χ1) is 16.3. The van der Waals surface area contributed by atoms with Gasteiger partial charge < -0.3 is 4.90 Å². The molecule has 3 aromatic rings. The quantitative estimate of drug-likeness (QED) is 0.564. The summed E-state index contributed by atoms with van der Waals surface area (Å²) in [6.45, 7) is 0.438. The lowest BCUT2D eigenvalue weighted by Gasteiger charge is -2.33. The van der Waals surface area contributed by atoms with Crippen molar-refractivity contribution in [1.82, 2.24) is 19.0 Å². The average Bonchev–Trinajstić information content (AvgIpc) is 3.44. The van der Waals surface area contributed by atoms with E-state index in [0.717, 1.165) is 35.9 Å². The molecular weight excluding hydrogens is 469 g/mol. The van der Waals surface area contributed by atoms with Crippen LogP contribution in [0.15, 0.2) is 47.4 Å². The summed E-state index contributed by atoms with van der Waals surface area (Å²) >= 11 is 0. The number of hydrogen-bond acceptors (Lipinski definition) is 4. The minimum absolute atomic E-state index is 0.0661. The molecule has 0 unspecified atom stereocenters. The van der Waals surface area contributed by atoms with Crippen LogP contribution in [0.25, 0.3) is 5.69 Å². The maximum absolute atomic E-state index is 13.8. The summed E-state index contributed by atoms with van der Waals surface area (Å²) in [7, 11) is -3.88. The second-order valence-corrected chi connectivity index (χ2v) is 10.2. The summed E-state index contributed by atoms with van der Waals surface area (Å²) < 4.78 is 69.1. The molecule has 11 heteroatoms. The normalized spacial score (nSPS) is 16.6. The van der Waals surface area contributed by atoms with Crippen LogP contribution in [-0.2, 0) is 22.9 Å². The molecule has 0 atom stereocenters. The van der Waals surface area contributed by atoms with Gasteiger partial charge in [-0.1, -0.05) is 6.07 Å². The molecule has 1 aliphatic heterocycles. The SMILES string of the molecule is O=C(c1nn(-c2ccc(F)c(F)c2)c2c1CCC2)N1CCN(S(=O)(=O)c2cccc(F)c2)CC1. The Balaban J connectivity index is 1.36. The molecule has 2 aromatic carbocycles. The van der Waals surface area contributed by atoms with Crippen LogP contribution in [0.4, 0.5) is 13.2 Å². The van der Waals surface area contributed by atoms with E-state index >= 15 is 0 Å². The van der Waals surface area contributed by atoms with Crippen LogP contribution < -0.4 is 0 Å². The number of carbonyl (C=O) groups excluding carboxylic acids is 1. The van der Waals surface area contributed by atoms with Crippen LogP contribution in [0.1, 0.15) is 28.2 Å². The minimum Gasteiger partial charge on any atom is -0.335 e. The second kappa shape index (κ2) is 8.55. The molecular formula is C23H21F3N4O3S. The van der Waals surface area contributed by atoms with E-state index in [9.17, 15) is 26.4 Å². The maximum atomic E-state index is 13.8. The zero-order chi connectivity index (χ0) is 24.0. The Morgan fingerprint density at radius 2 is 1.68 bits per heavy atom. The third-order valence-corrected chi connectivity index (χ3v) is 8.13. The van der Waals surface area contributed by atoms with Gasteiger partial charge in [-0.05, 0) is 49.6 Å². The molecule has 0 radical (unpaired) electrons. The Labute approximate surface area is 194 Å². The van der Waals surface area contributed by atoms with Gasteiger partial charge in [0.2, 0.25) is 10.0 Å². The molecule has 178 valence electrons. The number of halogens is 3. The standard InChI is InChI=1S/C23H21F3N4O3S/c24-15-3-1-4-17(13-15)34(32,33)29-11-9-28(10-12-29)23(31)22-18-5-2-6-21(18)30(27-22)16-7-8-19(25)20(26)14-16/h1,3-4,7-8,13-14H,2,5-6,9-12H2. The van der Waals surface area contributed by atoms with Gasteiger partial charge in [0, 0.05) is 43.5 Å². The molecule has 1 amide bonds. The van der Waals surface area contributed by atoms with E-state index in [1.165, 1.54) is 38.2 Å². The highest BCUT2D eigenvalue weighted by atomic mass is 32.2. The van der Waals surface area contributed by atoms with E-state index in [4.69, 9.17) is 0 Å². The first-order valence-electron chi connectivity index (χ1n) is 10.9. The number of aromatic nitrogens is 2. The Bertz CT molecular complexity index is 1380. The third-order valence-electron chi connectivity index (χ3n) is 6.24. The number of benzene rings is 2. The van der Waals surface area contributed by atoms with Crippen molar-refractivity contribution >= 4 is 15.9 Å². The van der Waals surface area contributed by atoms with E-state index in [-0.39, 0.29) is 42.7 Å². The van der Waals surface area contributed by atoms with Gasteiger partial charge in [0.1, 0.15) is 5.82 Å². The lowest BCUT2D eigenvalue weighted by atomic mass is 10.1. The van der Waals surface area contributed by atoms with Gasteiger partial charge in [-0.3, -0.25) is 4.79 Å². The summed E-state index contributed by atoms with van der Waals surface area (Å²) in [5, 5.41) is 4.44. The summed E-state index contributed by atoms with van der Waals surface area (Å²) in [4.78, 5) is 14.7. The molecule has 1 saturated heterocycles. The molecule has 0 saturated carbocycles. The van der Waals surface area contributed by atoms with E-state index in [1.54, 1.807) is 0 Å². The Kier molecular flexibility index (Phi) is 5.68. The molecule has 7 nitrogen and oxygen atoms in total. The second-order valence-electron chi connectivity index (χ2n) is 8.29. The van der Waals surface area contributed by atoms with E-state index in [2.05, 4.69) is 5.10 Å². The highest BCUT2D eigenvalue weighted by molar-refractivity contribution is 7.89. The smallest absolute Gasteiger partial charge is 0.274 e. The van der Waals surface area contributed by atoms with Crippen LogP contribution in [-0.4, -0.2) is 59.5 Å².